The Kier molecular flexibility index (Phi) is 5.43. The van der Waals surface area contributed by atoms with Crippen LogP contribution < -0.4 is 11.2 Å². The topological polar surface area (TPSA) is 164 Å². The maximum absolute atomic E-state index is 10.4. The van der Waals surface area contributed by atoms with Crippen LogP contribution in [0.3, 0.4) is 0 Å². The first-order chi connectivity index (χ1) is 14.0. The highest BCUT2D eigenvalue weighted by Crippen LogP contribution is 2.35. The number of aliphatic hydroxyl groups is 3. The van der Waals surface area contributed by atoms with Crippen LogP contribution in [0.25, 0.3) is 11.2 Å². The van der Waals surface area contributed by atoms with E-state index in [0.717, 1.165) is 10.0 Å². The molecule has 0 bridgehead atoms. The van der Waals surface area contributed by atoms with Crippen molar-refractivity contribution in [3.05, 3.63) is 40.6 Å². The Balaban J connectivity index is 1.71. The maximum Gasteiger partial charge on any atom is 0.228 e. The van der Waals surface area contributed by atoms with E-state index >= 15 is 0 Å². The van der Waals surface area contributed by atoms with E-state index in [1.165, 1.54) is 10.9 Å². The van der Waals surface area contributed by atoms with Gasteiger partial charge < -0.3 is 25.8 Å². The lowest BCUT2D eigenvalue weighted by Crippen LogP contribution is -2.33. The SMILES string of the molecule is Nc1ncnc2c1nc(NN=Cc1ccc(Br)cc1)n2[C@@H]1O[C@@H](CO)[C@@H](O)[C@@H]1O. The number of hydrogen-bond donors (Lipinski definition) is 5. The number of fused-ring (bicyclic) bond motifs is 1. The lowest BCUT2D eigenvalue weighted by Gasteiger charge is -2.18. The van der Waals surface area contributed by atoms with Crippen LogP contribution in [0.5, 0.6) is 0 Å². The molecule has 6 N–H and O–H groups in total. The quantitative estimate of drug-likeness (QED) is 0.263. The number of hydrazone groups is 1. The first-order valence-corrected chi connectivity index (χ1v) is 9.44. The van der Waals surface area contributed by atoms with Crippen LogP contribution in [0, 0.1) is 0 Å². The third-order valence-corrected chi connectivity index (χ3v) is 5.05. The lowest BCUT2D eigenvalue weighted by molar-refractivity contribution is -0.0501. The minimum atomic E-state index is -1.32. The number of nitrogens with zero attached hydrogens (tertiary/aromatic N) is 5. The number of aromatic nitrogens is 4. The van der Waals surface area contributed by atoms with Crippen LogP contribution in [-0.2, 0) is 4.74 Å². The highest BCUT2D eigenvalue weighted by molar-refractivity contribution is 9.10. The van der Waals surface area contributed by atoms with Gasteiger partial charge in [-0.05, 0) is 17.7 Å². The Morgan fingerprint density at radius 2 is 2.00 bits per heavy atom. The van der Waals surface area contributed by atoms with Crippen LogP contribution >= 0.6 is 15.9 Å². The van der Waals surface area contributed by atoms with E-state index in [2.05, 4.69) is 41.4 Å². The molecule has 3 heterocycles. The Bertz CT molecular complexity index is 1040. The zero-order chi connectivity index (χ0) is 20.5. The second-order valence-corrected chi connectivity index (χ2v) is 7.30. The maximum atomic E-state index is 10.4. The van der Waals surface area contributed by atoms with Gasteiger partial charge >= 0.3 is 0 Å². The van der Waals surface area contributed by atoms with Gasteiger partial charge in [0.1, 0.15) is 24.6 Å². The van der Waals surface area contributed by atoms with Crippen molar-refractivity contribution in [2.75, 3.05) is 17.8 Å². The van der Waals surface area contributed by atoms with Gasteiger partial charge in [-0.3, -0.25) is 4.57 Å². The van der Waals surface area contributed by atoms with Crippen LogP contribution in [-0.4, -0.2) is 66.0 Å². The summed E-state index contributed by atoms with van der Waals surface area (Å²) in [6.07, 6.45) is -1.77. The highest BCUT2D eigenvalue weighted by atomic mass is 79.9. The second-order valence-electron chi connectivity index (χ2n) is 6.39. The lowest BCUT2D eigenvalue weighted by atomic mass is 10.1. The van der Waals surface area contributed by atoms with Crippen molar-refractivity contribution in [2.24, 2.45) is 5.10 Å². The van der Waals surface area contributed by atoms with Crippen molar-refractivity contribution in [1.29, 1.82) is 0 Å². The number of benzene rings is 1. The fourth-order valence-electron chi connectivity index (χ4n) is 3.05. The third-order valence-electron chi connectivity index (χ3n) is 4.53. The minimum absolute atomic E-state index is 0.139. The summed E-state index contributed by atoms with van der Waals surface area (Å²) in [5, 5.41) is 34.1. The second kappa shape index (κ2) is 8.00. The van der Waals surface area contributed by atoms with E-state index in [9.17, 15) is 15.3 Å². The van der Waals surface area contributed by atoms with E-state index in [1.807, 2.05) is 24.3 Å². The molecule has 152 valence electrons. The summed E-state index contributed by atoms with van der Waals surface area (Å²) in [5.74, 6) is 0.316. The van der Waals surface area contributed by atoms with Crippen molar-refractivity contribution < 1.29 is 20.1 Å². The number of halogens is 1. The van der Waals surface area contributed by atoms with Crippen molar-refractivity contribution >= 4 is 45.1 Å². The minimum Gasteiger partial charge on any atom is -0.394 e. The molecule has 1 saturated heterocycles. The summed E-state index contributed by atoms with van der Waals surface area (Å²) in [5.41, 5.74) is 10.1. The summed E-state index contributed by atoms with van der Waals surface area (Å²) in [4.78, 5) is 12.4. The molecule has 0 amide bonds. The van der Waals surface area contributed by atoms with E-state index in [4.69, 9.17) is 10.5 Å². The molecule has 4 atom stereocenters. The first kappa shape index (κ1) is 19.7. The summed E-state index contributed by atoms with van der Waals surface area (Å²) in [6.45, 7) is -0.455. The number of aliphatic hydroxyl groups excluding tert-OH is 3. The molecule has 0 spiro atoms. The molecular weight excluding hydrogens is 446 g/mol. The molecule has 4 rings (SSSR count). The average molecular weight is 464 g/mol. The van der Waals surface area contributed by atoms with Crippen LogP contribution in [0.15, 0.2) is 40.2 Å². The molecule has 1 aromatic carbocycles. The molecule has 29 heavy (non-hydrogen) atoms. The van der Waals surface area contributed by atoms with Crippen molar-refractivity contribution in [3.63, 3.8) is 0 Å². The van der Waals surface area contributed by atoms with Crippen LogP contribution in [0.2, 0.25) is 0 Å². The van der Waals surface area contributed by atoms with Crippen molar-refractivity contribution in [2.45, 2.75) is 24.5 Å². The molecule has 1 aliphatic heterocycles. The van der Waals surface area contributed by atoms with Gasteiger partial charge in [0.2, 0.25) is 5.95 Å². The zero-order valence-electron chi connectivity index (χ0n) is 14.9. The predicted octanol–water partition coefficient (Wildman–Crippen LogP) is 0.228. The van der Waals surface area contributed by atoms with Crippen LogP contribution in [0.4, 0.5) is 11.8 Å². The van der Waals surface area contributed by atoms with E-state index in [0.29, 0.717) is 0 Å². The molecule has 0 radical (unpaired) electrons. The molecule has 12 heteroatoms. The van der Waals surface area contributed by atoms with Gasteiger partial charge in [0.25, 0.3) is 0 Å². The Morgan fingerprint density at radius 3 is 2.69 bits per heavy atom. The van der Waals surface area contributed by atoms with Crippen LogP contribution in [0.1, 0.15) is 11.8 Å². The summed E-state index contributed by atoms with van der Waals surface area (Å²) in [7, 11) is 0. The number of hydrogen-bond acceptors (Lipinski definition) is 10. The number of nitrogens with one attached hydrogen (secondary N) is 1. The van der Waals surface area contributed by atoms with Gasteiger partial charge in [-0.25, -0.2) is 20.4 Å². The number of anilines is 2. The number of nitrogen functional groups attached to an aromatic ring is 1. The molecule has 1 fully saturated rings. The first-order valence-electron chi connectivity index (χ1n) is 8.65. The Labute approximate surface area is 173 Å². The number of imidazole rings is 1. The molecule has 0 unspecified atom stereocenters. The largest absolute Gasteiger partial charge is 0.394 e. The third kappa shape index (κ3) is 3.68. The summed E-state index contributed by atoms with van der Waals surface area (Å²) < 4.78 is 7.99. The number of nitrogens with two attached hydrogens (primary N) is 1. The fourth-order valence-corrected chi connectivity index (χ4v) is 3.32. The van der Waals surface area contributed by atoms with Gasteiger partial charge in [0, 0.05) is 4.47 Å². The molecule has 11 nitrogen and oxygen atoms in total. The summed E-state index contributed by atoms with van der Waals surface area (Å²) >= 11 is 3.37. The fraction of sp³-hybridized carbons (Fsp3) is 0.294. The Hall–Kier alpha value is -2.64. The normalized spacial score (nSPS) is 24.6. The molecule has 1 aliphatic rings. The smallest absolute Gasteiger partial charge is 0.228 e. The molecular formula is C17H18BrN7O4. The van der Waals surface area contributed by atoms with Crippen molar-refractivity contribution in [1.82, 2.24) is 19.5 Å². The van der Waals surface area contributed by atoms with E-state index in [-0.39, 0.29) is 22.9 Å². The zero-order valence-corrected chi connectivity index (χ0v) is 16.5. The molecule has 0 saturated carbocycles. The predicted molar refractivity (Wildman–Crippen MR) is 108 cm³/mol. The average Bonchev–Trinajstić information content (AvgIpc) is 3.22. The van der Waals surface area contributed by atoms with Gasteiger partial charge in [0.15, 0.2) is 23.2 Å². The highest BCUT2D eigenvalue weighted by Gasteiger charge is 2.45. The number of ether oxygens (including phenoxy) is 1. The Morgan fingerprint density at radius 1 is 1.24 bits per heavy atom. The van der Waals surface area contributed by atoms with Gasteiger partial charge in [-0.15, -0.1) is 0 Å². The van der Waals surface area contributed by atoms with Gasteiger partial charge in [-0.2, -0.15) is 5.10 Å². The monoisotopic (exact) mass is 463 g/mol. The molecule has 3 aromatic rings. The van der Waals surface area contributed by atoms with Gasteiger partial charge in [0.05, 0.1) is 12.8 Å². The van der Waals surface area contributed by atoms with E-state index in [1.54, 1.807) is 6.21 Å². The molecule has 2 aromatic heterocycles. The van der Waals surface area contributed by atoms with Gasteiger partial charge in [-0.1, -0.05) is 28.1 Å². The van der Waals surface area contributed by atoms with Crippen molar-refractivity contribution in [3.8, 4) is 0 Å². The standard InChI is InChI=1S/C17H18BrN7O4/c18-9-3-1-8(2-4-9)5-22-24-17-23-11-14(19)20-7-21-15(11)25(17)16-13(28)12(27)10(6-26)29-16/h1-5,7,10,12-13,16,26-28H,6H2,(H,23,24)(H2,19,20,21)/t10-,12+,13-,16+/m0/s1. The van der Waals surface area contributed by atoms with E-state index < -0.39 is 31.1 Å². The number of rotatable bonds is 5. The summed E-state index contributed by atoms with van der Waals surface area (Å²) in [6, 6.07) is 7.50. The molecule has 0 aliphatic carbocycles.